The van der Waals surface area contributed by atoms with E-state index in [1.165, 1.54) is 41.7 Å². The summed E-state index contributed by atoms with van der Waals surface area (Å²) in [6.07, 6.45) is 2.82. The molecule has 1 aliphatic heterocycles. The Labute approximate surface area is 123 Å². The van der Waals surface area contributed by atoms with Crippen LogP contribution in [0.3, 0.4) is 0 Å². The van der Waals surface area contributed by atoms with Gasteiger partial charge in [-0.2, -0.15) is 0 Å². The lowest BCUT2D eigenvalue weighted by atomic mass is 10.1. The molecular weight excluding hydrogens is 302 g/mol. The lowest BCUT2D eigenvalue weighted by molar-refractivity contribution is 0.248. The van der Waals surface area contributed by atoms with E-state index in [0.717, 1.165) is 19.1 Å². The minimum atomic E-state index is 0.0945. The SMILES string of the molecule is C[C@@H](N)c1ccc(N2CCN(C3CC3)CC2)c(Br)c1. The molecule has 1 saturated heterocycles. The van der Waals surface area contributed by atoms with Gasteiger partial charge in [-0.1, -0.05) is 6.07 Å². The van der Waals surface area contributed by atoms with Gasteiger partial charge in [-0.25, -0.2) is 0 Å². The summed E-state index contributed by atoms with van der Waals surface area (Å²) in [4.78, 5) is 5.12. The maximum Gasteiger partial charge on any atom is 0.0511 e. The minimum Gasteiger partial charge on any atom is -0.368 e. The summed E-state index contributed by atoms with van der Waals surface area (Å²) >= 11 is 3.70. The number of halogens is 1. The van der Waals surface area contributed by atoms with E-state index in [9.17, 15) is 0 Å². The summed E-state index contributed by atoms with van der Waals surface area (Å²) in [5, 5.41) is 0. The second kappa shape index (κ2) is 5.43. The van der Waals surface area contributed by atoms with Crippen molar-refractivity contribution >= 4 is 21.6 Å². The van der Waals surface area contributed by atoms with Gasteiger partial charge in [0.25, 0.3) is 0 Å². The zero-order valence-electron chi connectivity index (χ0n) is 11.5. The molecule has 2 aliphatic rings. The van der Waals surface area contributed by atoms with Crippen LogP contribution >= 0.6 is 15.9 Å². The molecule has 104 valence electrons. The van der Waals surface area contributed by atoms with Crippen molar-refractivity contribution in [1.29, 1.82) is 0 Å². The average molecular weight is 324 g/mol. The van der Waals surface area contributed by atoms with E-state index in [1.807, 2.05) is 6.92 Å². The van der Waals surface area contributed by atoms with E-state index in [2.05, 4.69) is 43.9 Å². The van der Waals surface area contributed by atoms with Crippen LogP contribution < -0.4 is 10.6 Å². The first kappa shape index (κ1) is 13.4. The lowest BCUT2D eigenvalue weighted by Gasteiger charge is -2.36. The fourth-order valence-corrected chi connectivity index (χ4v) is 3.48. The first-order valence-corrected chi connectivity index (χ1v) is 7.98. The van der Waals surface area contributed by atoms with Gasteiger partial charge in [-0.15, -0.1) is 0 Å². The molecule has 4 heteroatoms. The second-order valence-electron chi connectivity index (χ2n) is 5.75. The number of hydrogen-bond donors (Lipinski definition) is 1. The first-order valence-electron chi connectivity index (χ1n) is 7.19. The van der Waals surface area contributed by atoms with Gasteiger partial charge in [0.15, 0.2) is 0 Å². The van der Waals surface area contributed by atoms with E-state index in [1.54, 1.807) is 0 Å². The van der Waals surface area contributed by atoms with E-state index in [0.29, 0.717) is 0 Å². The topological polar surface area (TPSA) is 32.5 Å². The smallest absolute Gasteiger partial charge is 0.0511 e. The van der Waals surface area contributed by atoms with Crippen LogP contribution in [0.15, 0.2) is 22.7 Å². The largest absolute Gasteiger partial charge is 0.368 e. The van der Waals surface area contributed by atoms with E-state index >= 15 is 0 Å². The maximum absolute atomic E-state index is 5.93. The summed E-state index contributed by atoms with van der Waals surface area (Å²) in [5.41, 5.74) is 8.42. The highest BCUT2D eigenvalue weighted by Crippen LogP contribution is 2.32. The van der Waals surface area contributed by atoms with Gasteiger partial charge in [0.2, 0.25) is 0 Å². The fourth-order valence-electron chi connectivity index (χ4n) is 2.83. The molecule has 3 nitrogen and oxygen atoms in total. The molecule has 1 heterocycles. The number of nitrogens with zero attached hydrogens (tertiary/aromatic N) is 2. The molecule has 1 atom stereocenters. The molecule has 2 fully saturated rings. The summed E-state index contributed by atoms with van der Waals surface area (Å²) in [6, 6.07) is 7.50. The van der Waals surface area contributed by atoms with Crippen LogP contribution in [-0.2, 0) is 0 Å². The Hall–Kier alpha value is -0.580. The van der Waals surface area contributed by atoms with Crippen LogP contribution in [0.4, 0.5) is 5.69 Å². The van der Waals surface area contributed by atoms with Gasteiger partial charge < -0.3 is 10.6 Å². The van der Waals surface area contributed by atoms with Gasteiger partial charge in [0.05, 0.1) is 5.69 Å². The second-order valence-corrected chi connectivity index (χ2v) is 6.61. The third-order valence-electron chi connectivity index (χ3n) is 4.22. The van der Waals surface area contributed by atoms with Crippen molar-refractivity contribution in [2.45, 2.75) is 31.8 Å². The molecule has 1 aromatic carbocycles. The maximum atomic E-state index is 5.93. The highest BCUT2D eigenvalue weighted by Gasteiger charge is 2.31. The number of piperazine rings is 1. The van der Waals surface area contributed by atoms with Crippen LogP contribution in [0, 0.1) is 0 Å². The summed E-state index contributed by atoms with van der Waals surface area (Å²) in [5.74, 6) is 0. The highest BCUT2D eigenvalue weighted by atomic mass is 79.9. The normalized spacial score (nSPS) is 22.6. The van der Waals surface area contributed by atoms with Crippen LogP contribution in [0.2, 0.25) is 0 Å². The molecule has 3 rings (SSSR count). The zero-order valence-corrected chi connectivity index (χ0v) is 13.1. The molecule has 0 radical (unpaired) electrons. The Morgan fingerprint density at radius 2 is 1.89 bits per heavy atom. The van der Waals surface area contributed by atoms with Crippen molar-refractivity contribution < 1.29 is 0 Å². The molecular formula is C15H22BrN3. The van der Waals surface area contributed by atoms with Crippen molar-refractivity contribution in [3.8, 4) is 0 Å². The molecule has 19 heavy (non-hydrogen) atoms. The Morgan fingerprint density at radius 3 is 2.42 bits per heavy atom. The quantitative estimate of drug-likeness (QED) is 0.928. The number of benzene rings is 1. The minimum absolute atomic E-state index is 0.0945. The molecule has 0 amide bonds. The molecule has 1 aliphatic carbocycles. The fraction of sp³-hybridized carbons (Fsp3) is 0.600. The number of hydrogen-bond acceptors (Lipinski definition) is 3. The zero-order chi connectivity index (χ0) is 13.4. The van der Waals surface area contributed by atoms with Crippen LogP contribution in [0.1, 0.15) is 31.4 Å². The highest BCUT2D eigenvalue weighted by molar-refractivity contribution is 9.10. The summed E-state index contributed by atoms with van der Waals surface area (Å²) < 4.78 is 1.17. The van der Waals surface area contributed by atoms with Crippen molar-refractivity contribution in [3.05, 3.63) is 28.2 Å². The van der Waals surface area contributed by atoms with Gasteiger partial charge in [0, 0.05) is 42.7 Å². The van der Waals surface area contributed by atoms with E-state index < -0.39 is 0 Å². The average Bonchev–Trinajstić information content (AvgIpc) is 3.23. The third-order valence-corrected chi connectivity index (χ3v) is 4.85. The molecule has 0 spiro atoms. The molecule has 1 aromatic rings. The summed E-state index contributed by atoms with van der Waals surface area (Å²) in [6.45, 7) is 6.69. The predicted octanol–water partition coefficient (Wildman–Crippen LogP) is 2.75. The van der Waals surface area contributed by atoms with Crippen molar-refractivity contribution in [1.82, 2.24) is 4.90 Å². The van der Waals surface area contributed by atoms with E-state index in [-0.39, 0.29) is 6.04 Å². The van der Waals surface area contributed by atoms with Crippen molar-refractivity contribution in [2.75, 3.05) is 31.1 Å². The van der Waals surface area contributed by atoms with Gasteiger partial charge >= 0.3 is 0 Å². The first-order chi connectivity index (χ1) is 9.15. The number of rotatable bonds is 3. The number of nitrogens with two attached hydrogens (primary N) is 1. The van der Waals surface area contributed by atoms with Gasteiger partial charge in [-0.05, 0) is 53.4 Å². The molecule has 0 unspecified atom stereocenters. The standard InChI is InChI=1S/C15H22BrN3/c1-11(17)12-2-5-15(14(16)10-12)19-8-6-18(7-9-19)13-3-4-13/h2,5,10-11,13H,3-4,6-9,17H2,1H3/t11-/m1/s1. The van der Waals surface area contributed by atoms with Crippen LogP contribution in [0.5, 0.6) is 0 Å². The Balaban J connectivity index is 1.69. The Morgan fingerprint density at radius 1 is 1.21 bits per heavy atom. The molecule has 2 N–H and O–H groups in total. The van der Waals surface area contributed by atoms with Gasteiger partial charge in [0.1, 0.15) is 0 Å². The Bertz CT molecular complexity index is 449. The predicted molar refractivity (Wildman–Crippen MR) is 83.6 cm³/mol. The Kier molecular flexibility index (Phi) is 3.83. The van der Waals surface area contributed by atoms with E-state index in [4.69, 9.17) is 5.73 Å². The number of anilines is 1. The van der Waals surface area contributed by atoms with Crippen molar-refractivity contribution in [3.63, 3.8) is 0 Å². The molecule has 0 bridgehead atoms. The molecule has 0 aromatic heterocycles. The summed E-state index contributed by atoms with van der Waals surface area (Å²) in [7, 11) is 0. The van der Waals surface area contributed by atoms with Crippen molar-refractivity contribution in [2.24, 2.45) is 5.73 Å². The van der Waals surface area contributed by atoms with Crippen LogP contribution in [0.25, 0.3) is 0 Å². The lowest BCUT2D eigenvalue weighted by Crippen LogP contribution is -2.47. The molecule has 1 saturated carbocycles. The third kappa shape index (κ3) is 2.96. The monoisotopic (exact) mass is 323 g/mol. The van der Waals surface area contributed by atoms with Gasteiger partial charge in [-0.3, -0.25) is 4.90 Å². The van der Waals surface area contributed by atoms with Crippen LogP contribution in [-0.4, -0.2) is 37.1 Å².